The highest BCUT2D eigenvalue weighted by molar-refractivity contribution is 5.17. The van der Waals surface area contributed by atoms with Crippen LogP contribution in [0.3, 0.4) is 0 Å². The Morgan fingerprint density at radius 1 is 1.22 bits per heavy atom. The average Bonchev–Trinajstić information content (AvgIpc) is 2.83. The Bertz CT molecular complexity index is 498. The summed E-state index contributed by atoms with van der Waals surface area (Å²) in [4.78, 5) is 7.62. The molecule has 0 radical (unpaired) electrons. The second kappa shape index (κ2) is 4.30. The maximum absolute atomic E-state index is 4.39. The molecule has 0 unspecified atom stereocenters. The quantitative estimate of drug-likeness (QED) is 0.882. The molecule has 2 aromatic heterocycles. The molecule has 2 heterocycles. The van der Waals surface area contributed by atoms with Crippen LogP contribution in [-0.4, -0.2) is 14.5 Å². The van der Waals surface area contributed by atoms with Gasteiger partial charge in [0.2, 0.25) is 0 Å². The van der Waals surface area contributed by atoms with Crippen molar-refractivity contribution in [3.63, 3.8) is 0 Å². The Kier molecular flexibility index (Phi) is 3.09. The minimum Gasteiger partial charge on any atom is -0.350 e. The van der Waals surface area contributed by atoms with E-state index in [-0.39, 0.29) is 10.8 Å². The summed E-state index contributed by atoms with van der Waals surface area (Å²) in [6.45, 7) is 12.1. The molecule has 98 valence electrons. The molecule has 0 atom stereocenters. The zero-order valence-corrected chi connectivity index (χ0v) is 12.0. The highest BCUT2D eigenvalue weighted by atomic mass is 15.0. The predicted molar refractivity (Wildman–Crippen MR) is 74.7 cm³/mol. The lowest BCUT2D eigenvalue weighted by molar-refractivity contribution is 0.391. The van der Waals surface area contributed by atoms with Crippen LogP contribution in [0.2, 0.25) is 0 Å². The van der Waals surface area contributed by atoms with Crippen molar-refractivity contribution in [3.05, 3.63) is 42.2 Å². The summed E-state index contributed by atoms with van der Waals surface area (Å²) in [6.07, 6.45) is 5.86. The van der Waals surface area contributed by atoms with E-state index in [9.17, 15) is 0 Å². The van der Waals surface area contributed by atoms with Crippen LogP contribution < -0.4 is 0 Å². The van der Waals surface area contributed by atoms with Crippen molar-refractivity contribution in [1.29, 1.82) is 0 Å². The highest BCUT2D eigenvalue weighted by Gasteiger charge is 2.26. The van der Waals surface area contributed by atoms with E-state index in [0.29, 0.717) is 0 Å². The number of H-pyrrole nitrogens is 1. The standard InChI is InChI=1S/C15H23N3/c1-14(2,3)12-7-6-10-18(12)11-15(4,5)13-16-8-9-17-13/h6-10H,11H2,1-5H3,(H,16,17). The van der Waals surface area contributed by atoms with Gasteiger partial charge in [0.25, 0.3) is 0 Å². The maximum atomic E-state index is 4.39. The molecule has 2 rings (SSSR count). The lowest BCUT2D eigenvalue weighted by Gasteiger charge is -2.28. The van der Waals surface area contributed by atoms with Gasteiger partial charge in [0, 0.05) is 41.7 Å². The van der Waals surface area contributed by atoms with Crippen molar-refractivity contribution < 1.29 is 0 Å². The van der Waals surface area contributed by atoms with Gasteiger partial charge in [-0.3, -0.25) is 0 Å². The number of hydrogen-bond acceptors (Lipinski definition) is 1. The first-order valence-electron chi connectivity index (χ1n) is 6.46. The fraction of sp³-hybridized carbons (Fsp3) is 0.533. The van der Waals surface area contributed by atoms with E-state index >= 15 is 0 Å². The number of imidazole rings is 1. The van der Waals surface area contributed by atoms with Gasteiger partial charge in [0.1, 0.15) is 5.82 Å². The van der Waals surface area contributed by atoms with Gasteiger partial charge in [-0.05, 0) is 12.1 Å². The first-order valence-corrected chi connectivity index (χ1v) is 6.46. The van der Waals surface area contributed by atoms with E-state index < -0.39 is 0 Å². The molecule has 18 heavy (non-hydrogen) atoms. The van der Waals surface area contributed by atoms with Gasteiger partial charge in [-0.25, -0.2) is 4.98 Å². The molecule has 0 saturated carbocycles. The molecular formula is C15H23N3. The van der Waals surface area contributed by atoms with Crippen molar-refractivity contribution in [3.8, 4) is 0 Å². The Labute approximate surface area is 109 Å². The van der Waals surface area contributed by atoms with Crippen LogP contribution in [-0.2, 0) is 17.4 Å². The summed E-state index contributed by atoms with van der Waals surface area (Å²) >= 11 is 0. The fourth-order valence-electron chi connectivity index (χ4n) is 2.37. The molecule has 0 aliphatic carbocycles. The number of aromatic amines is 1. The summed E-state index contributed by atoms with van der Waals surface area (Å²) in [5, 5.41) is 0. The first kappa shape index (κ1) is 12.9. The van der Waals surface area contributed by atoms with Crippen LogP contribution >= 0.6 is 0 Å². The van der Waals surface area contributed by atoms with Crippen LogP contribution in [0.5, 0.6) is 0 Å². The molecule has 3 heteroatoms. The molecule has 0 bridgehead atoms. The van der Waals surface area contributed by atoms with Crippen molar-refractivity contribution in [2.75, 3.05) is 0 Å². The van der Waals surface area contributed by atoms with Crippen molar-refractivity contribution >= 4 is 0 Å². The number of hydrogen-bond donors (Lipinski definition) is 1. The fourth-order valence-corrected chi connectivity index (χ4v) is 2.37. The van der Waals surface area contributed by atoms with Gasteiger partial charge in [-0.1, -0.05) is 34.6 Å². The number of nitrogens with zero attached hydrogens (tertiary/aromatic N) is 2. The predicted octanol–water partition coefficient (Wildman–Crippen LogP) is 3.49. The summed E-state index contributed by atoms with van der Waals surface area (Å²) < 4.78 is 2.34. The number of nitrogens with one attached hydrogen (secondary N) is 1. The van der Waals surface area contributed by atoms with E-state index in [1.165, 1.54) is 5.69 Å². The molecule has 0 saturated heterocycles. The lowest BCUT2D eigenvalue weighted by Crippen LogP contribution is -2.28. The Hall–Kier alpha value is -1.51. The van der Waals surface area contributed by atoms with Crippen molar-refractivity contribution in [1.82, 2.24) is 14.5 Å². The van der Waals surface area contributed by atoms with Gasteiger partial charge in [-0.2, -0.15) is 0 Å². The molecular weight excluding hydrogens is 222 g/mol. The zero-order valence-electron chi connectivity index (χ0n) is 12.0. The largest absolute Gasteiger partial charge is 0.350 e. The minimum absolute atomic E-state index is 0.00250. The monoisotopic (exact) mass is 245 g/mol. The highest BCUT2D eigenvalue weighted by Crippen LogP contribution is 2.27. The topological polar surface area (TPSA) is 33.6 Å². The van der Waals surface area contributed by atoms with Crippen LogP contribution in [0.15, 0.2) is 30.7 Å². The summed E-state index contributed by atoms with van der Waals surface area (Å²) in [6, 6.07) is 4.33. The maximum Gasteiger partial charge on any atom is 0.113 e. The molecule has 0 spiro atoms. The second-order valence-electron chi connectivity index (χ2n) is 6.59. The zero-order chi connectivity index (χ0) is 13.4. The van der Waals surface area contributed by atoms with Crippen LogP contribution in [0.4, 0.5) is 0 Å². The van der Waals surface area contributed by atoms with E-state index in [1.54, 1.807) is 0 Å². The van der Waals surface area contributed by atoms with Gasteiger partial charge in [-0.15, -0.1) is 0 Å². The van der Waals surface area contributed by atoms with Gasteiger partial charge in [0.15, 0.2) is 0 Å². The molecule has 0 amide bonds. The Morgan fingerprint density at radius 3 is 2.50 bits per heavy atom. The van der Waals surface area contributed by atoms with Crippen LogP contribution in [0.25, 0.3) is 0 Å². The van der Waals surface area contributed by atoms with E-state index in [4.69, 9.17) is 0 Å². The summed E-state index contributed by atoms with van der Waals surface area (Å²) in [5.74, 6) is 1.04. The number of aromatic nitrogens is 3. The Balaban J connectivity index is 2.28. The van der Waals surface area contributed by atoms with Crippen molar-refractivity contribution in [2.24, 2.45) is 0 Å². The van der Waals surface area contributed by atoms with Crippen LogP contribution in [0, 0.1) is 0 Å². The van der Waals surface area contributed by atoms with Gasteiger partial charge < -0.3 is 9.55 Å². The van der Waals surface area contributed by atoms with Gasteiger partial charge in [0.05, 0.1) is 0 Å². The first-order chi connectivity index (χ1) is 8.31. The normalized spacial score (nSPS) is 12.9. The Morgan fingerprint density at radius 2 is 1.94 bits per heavy atom. The van der Waals surface area contributed by atoms with Crippen molar-refractivity contribution in [2.45, 2.75) is 52.0 Å². The van der Waals surface area contributed by atoms with Crippen LogP contribution in [0.1, 0.15) is 46.1 Å². The molecule has 0 aliphatic heterocycles. The van der Waals surface area contributed by atoms with E-state index in [0.717, 1.165) is 12.4 Å². The molecule has 0 aliphatic rings. The molecule has 1 N–H and O–H groups in total. The van der Waals surface area contributed by atoms with E-state index in [2.05, 4.69) is 67.5 Å². The summed E-state index contributed by atoms with van der Waals surface area (Å²) in [5.41, 5.74) is 1.53. The summed E-state index contributed by atoms with van der Waals surface area (Å²) in [7, 11) is 0. The molecule has 3 nitrogen and oxygen atoms in total. The third-order valence-corrected chi connectivity index (χ3v) is 3.30. The lowest BCUT2D eigenvalue weighted by atomic mass is 9.89. The SMILES string of the molecule is CC(C)(C)c1cccn1CC(C)(C)c1ncc[nH]1. The average molecular weight is 245 g/mol. The number of rotatable bonds is 3. The smallest absolute Gasteiger partial charge is 0.113 e. The third-order valence-electron chi connectivity index (χ3n) is 3.30. The van der Waals surface area contributed by atoms with E-state index in [1.807, 2.05) is 12.4 Å². The molecule has 0 fully saturated rings. The molecule has 0 aromatic carbocycles. The molecule has 2 aromatic rings. The van der Waals surface area contributed by atoms with Gasteiger partial charge >= 0.3 is 0 Å². The minimum atomic E-state index is 0.00250. The second-order valence-corrected chi connectivity index (χ2v) is 6.59. The third kappa shape index (κ3) is 2.50.